The van der Waals surface area contributed by atoms with Gasteiger partial charge in [-0.15, -0.1) is 0 Å². The molecule has 0 atom stereocenters. The molecule has 7 nitrogen and oxygen atoms in total. The number of benzene rings is 1. The molecular weight excluding hydrogens is 421 g/mol. The van der Waals surface area contributed by atoms with Gasteiger partial charge in [0.15, 0.2) is 0 Å². The van der Waals surface area contributed by atoms with Gasteiger partial charge in [-0.2, -0.15) is 0 Å². The van der Waals surface area contributed by atoms with E-state index in [1.807, 2.05) is 18.2 Å². The number of nitrogens with zero attached hydrogens (tertiary/aromatic N) is 3. The van der Waals surface area contributed by atoms with Crippen LogP contribution in [-0.4, -0.2) is 26.5 Å². The average molecular weight is 440 g/mol. The van der Waals surface area contributed by atoms with Crippen LogP contribution in [0.2, 0.25) is 5.02 Å². The molecule has 0 radical (unpaired) electrons. The summed E-state index contributed by atoms with van der Waals surface area (Å²) in [6, 6.07) is 11.5. The van der Waals surface area contributed by atoms with Crippen molar-refractivity contribution in [1.82, 2.24) is 25.3 Å². The number of ether oxygens (including phenoxy) is 1. The molecule has 1 aromatic carbocycles. The van der Waals surface area contributed by atoms with Crippen molar-refractivity contribution in [3.05, 3.63) is 93.3 Å². The Morgan fingerprint density at radius 1 is 1.13 bits per heavy atom. The Morgan fingerprint density at radius 2 is 2.03 bits per heavy atom. The van der Waals surface area contributed by atoms with E-state index in [-0.39, 0.29) is 17.2 Å². The third-order valence-corrected chi connectivity index (χ3v) is 4.88. The lowest BCUT2D eigenvalue weighted by Gasteiger charge is -2.09. The van der Waals surface area contributed by atoms with Crippen molar-refractivity contribution in [3.63, 3.8) is 0 Å². The van der Waals surface area contributed by atoms with Crippen LogP contribution in [0.15, 0.2) is 59.7 Å². The SMILES string of the molecule is O=c1[nH]c(COc2ccc(F)c(Cl)c2)nc2c(CNCCc3ccccn3)nccc12. The van der Waals surface area contributed by atoms with Crippen molar-refractivity contribution < 1.29 is 9.13 Å². The summed E-state index contributed by atoms with van der Waals surface area (Å²) in [6.07, 6.45) is 4.13. The average Bonchev–Trinajstić information content (AvgIpc) is 2.78. The monoisotopic (exact) mass is 439 g/mol. The standard InChI is InChI=1S/C22H19ClFN5O2/c23-17-11-15(4-5-18(17)24)31-13-20-28-21-16(22(30)29-20)7-10-27-19(21)12-25-9-6-14-3-1-2-8-26-14/h1-5,7-8,10-11,25H,6,9,12-13H2,(H,28,29,30). The van der Waals surface area contributed by atoms with Crippen molar-refractivity contribution in [1.29, 1.82) is 0 Å². The van der Waals surface area contributed by atoms with Crippen LogP contribution in [0.25, 0.3) is 10.9 Å². The zero-order chi connectivity index (χ0) is 21.6. The first kappa shape index (κ1) is 20.9. The second-order valence-corrected chi connectivity index (χ2v) is 7.19. The highest BCUT2D eigenvalue weighted by atomic mass is 35.5. The maximum absolute atomic E-state index is 13.3. The molecule has 4 aromatic rings. The smallest absolute Gasteiger partial charge is 0.258 e. The Balaban J connectivity index is 1.47. The maximum Gasteiger partial charge on any atom is 0.258 e. The number of hydrogen-bond donors (Lipinski definition) is 2. The molecule has 0 aliphatic heterocycles. The minimum absolute atomic E-state index is 0.00538. The van der Waals surface area contributed by atoms with Crippen LogP contribution < -0.4 is 15.6 Å². The molecule has 0 amide bonds. The highest BCUT2D eigenvalue weighted by Crippen LogP contribution is 2.21. The second kappa shape index (κ2) is 9.63. The van der Waals surface area contributed by atoms with E-state index in [2.05, 4.69) is 25.3 Å². The molecule has 0 saturated carbocycles. The van der Waals surface area contributed by atoms with E-state index in [9.17, 15) is 9.18 Å². The van der Waals surface area contributed by atoms with Crippen LogP contribution in [0.4, 0.5) is 4.39 Å². The Hall–Kier alpha value is -3.36. The molecule has 0 aliphatic rings. The van der Waals surface area contributed by atoms with Crippen molar-refractivity contribution >= 4 is 22.5 Å². The third kappa shape index (κ3) is 5.22. The van der Waals surface area contributed by atoms with Crippen LogP contribution >= 0.6 is 11.6 Å². The highest BCUT2D eigenvalue weighted by molar-refractivity contribution is 6.30. The molecule has 0 aliphatic carbocycles. The Kier molecular flexibility index (Phi) is 6.49. The molecule has 0 unspecified atom stereocenters. The molecule has 9 heteroatoms. The van der Waals surface area contributed by atoms with Gasteiger partial charge in [0.25, 0.3) is 5.56 Å². The predicted octanol–water partition coefficient (Wildman–Crippen LogP) is 3.42. The number of halogens is 2. The fourth-order valence-corrected chi connectivity index (χ4v) is 3.22. The van der Waals surface area contributed by atoms with Crippen LogP contribution in [0.5, 0.6) is 5.75 Å². The number of aromatic amines is 1. The van der Waals surface area contributed by atoms with E-state index in [1.54, 1.807) is 18.5 Å². The molecule has 4 rings (SSSR count). The van der Waals surface area contributed by atoms with Gasteiger partial charge in [0, 0.05) is 43.7 Å². The molecular formula is C22H19ClFN5O2. The summed E-state index contributed by atoms with van der Waals surface area (Å²) < 4.78 is 18.9. The van der Waals surface area contributed by atoms with E-state index in [0.29, 0.717) is 41.3 Å². The fraction of sp³-hybridized carbons (Fsp3) is 0.182. The lowest BCUT2D eigenvalue weighted by atomic mass is 10.2. The first-order chi connectivity index (χ1) is 15.1. The number of nitrogens with one attached hydrogen (secondary N) is 2. The topological polar surface area (TPSA) is 92.8 Å². The van der Waals surface area contributed by atoms with Gasteiger partial charge in [0.1, 0.15) is 29.5 Å². The number of H-pyrrole nitrogens is 1. The maximum atomic E-state index is 13.3. The number of rotatable bonds is 8. The Labute approximate surface area is 182 Å². The summed E-state index contributed by atoms with van der Waals surface area (Å²) in [4.78, 5) is 28.4. The molecule has 31 heavy (non-hydrogen) atoms. The number of aromatic nitrogens is 4. The number of fused-ring (bicyclic) bond motifs is 1. The van der Waals surface area contributed by atoms with Gasteiger partial charge in [0.05, 0.1) is 16.1 Å². The Morgan fingerprint density at radius 3 is 2.84 bits per heavy atom. The first-order valence-electron chi connectivity index (χ1n) is 9.65. The van der Waals surface area contributed by atoms with Crippen LogP contribution in [0.3, 0.4) is 0 Å². The lowest BCUT2D eigenvalue weighted by molar-refractivity contribution is 0.295. The predicted molar refractivity (Wildman–Crippen MR) is 116 cm³/mol. The van der Waals surface area contributed by atoms with Gasteiger partial charge in [-0.3, -0.25) is 14.8 Å². The molecule has 0 fully saturated rings. The van der Waals surface area contributed by atoms with E-state index in [0.717, 1.165) is 12.1 Å². The van der Waals surface area contributed by atoms with E-state index >= 15 is 0 Å². The number of hydrogen-bond acceptors (Lipinski definition) is 6. The molecule has 2 N–H and O–H groups in total. The second-order valence-electron chi connectivity index (χ2n) is 6.78. The summed E-state index contributed by atoms with van der Waals surface area (Å²) in [5, 5.41) is 3.72. The highest BCUT2D eigenvalue weighted by Gasteiger charge is 2.10. The molecule has 0 spiro atoms. The van der Waals surface area contributed by atoms with Gasteiger partial charge in [-0.25, -0.2) is 9.37 Å². The van der Waals surface area contributed by atoms with Crippen molar-refractivity contribution in [2.75, 3.05) is 6.54 Å². The van der Waals surface area contributed by atoms with Gasteiger partial charge in [-0.05, 0) is 30.3 Å². The molecule has 158 valence electrons. The summed E-state index contributed by atoms with van der Waals surface area (Å²) in [6.45, 7) is 1.16. The van der Waals surface area contributed by atoms with Gasteiger partial charge in [0.2, 0.25) is 0 Å². The van der Waals surface area contributed by atoms with E-state index in [4.69, 9.17) is 16.3 Å². The zero-order valence-corrected chi connectivity index (χ0v) is 17.2. The molecule has 0 bridgehead atoms. The zero-order valence-electron chi connectivity index (χ0n) is 16.4. The van der Waals surface area contributed by atoms with Crippen molar-refractivity contribution in [3.8, 4) is 5.75 Å². The minimum Gasteiger partial charge on any atom is -0.486 e. The minimum atomic E-state index is -0.530. The lowest BCUT2D eigenvalue weighted by Crippen LogP contribution is -2.20. The largest absolute Gasteiger partial charge is 0.486 e. The summed E-state index contributed by atoms with van der Waals surface area (Å²) in [5.41, 5.74) is 1.89. The van der Waals surface area contributed by atoms with Crippen LogP contribution in [0.1, 0.15) is 17.2 Å². The van der Waals surface area contributed by atoms with Gasteiger partial charge < -0.3 is 15.0 Å². The van der Waals surface area contributed by atoms with Crippen molar-refractivity contribution in [2.45, 2.75) is 19.6 Å². The third-order valence-electron chi connectivity index (χ3n) is 4.59. The van der Waals surface area contributed by atoms with Crippen LogP contribution in [0, 0.1) is 5.82 Å². The van der Waals surface area contributed by atoms with E-state index in [1.165, 1.54) is 18.2 Å². The normalized spacial score (nSPS) is 11.0. The molecule has 3 heterocycles. The van der Waals surface area contributed by atoms with Gasteiger partial charge in [-0.1, -0.05) is 17.7 Å². The number of pyridine rings is 2. The Bertz CT molecular complexity index is 1250. The molecule has 0 saturated heterocycles. The fourth-order valence-electron chi connectivity index (χ4n) is 3.05. The summed E-state index contributed by atoms with van der Waals surface area (Å²) in [7, 11) is 0. The van der Waals surface area contributed by atoms with Crippen molar-refractivity contribution in [2.24, 2.45) is 0 Å². The van der Waals surface area contributed by atoms with E-state index < -0.39 is 5.82 Å². The first-order valence-corrected chi connectivity index (χ1v) is 10.0. The molecule has 3 aromatic heterocycles. The van der Waals surface area contributed by atoms with Crippen LogP contribution in [-0.2, 0) is 19.6 Å². The summed E-state index contributed by atoms with van der Waals surface area (Å²) >= 11 is 5.77. The van der Waals surface area contributed by atoms with Gasteiger partial charge >= 0.3 is 0 Å². The quantitative estimate of drug-likeness (QED) is 0.409. The summed E-state index contributed by atoms with van der Waals surface area (Å²) in [5.74, 6) is 0.176.